The summed E-state index contributed by atoms with van der Waals surface area (Å²) in [4.78, 5) is 12.0. The first kappa shape index (κ1) is 18.2. The predicted molar refractivity (Wildman–Crippen MR) is 104 cm³/mol. The number of amides is 1. The fourth-order valence-corrected chi connectivity index (χ4v) is 4.63. The summed E-state index contributed by atoms with van der Waals surface area (Å²) in [5, 5.41) is 15.7. The second-order valence-electron chi connectivity index (χ2n) is 6.44. The van der Waals surface area contributed by atoms with Crippen LogP contribution in [0.1, 0.15) is 38.2 Å². The predicted octanol–water partition coefficient (Wildman–Crippen LogP) is 3.94. The molecule has 0 unspecified atom stereocenters. The number of thioether (sulfide) groups is 1. The minimum Gasteiger partial charge on any atom is -0.357 e. The van der Waals surface area contributed by atoms with Gasteiger partial charge in [0.25, 0.3) is 0 Å². The second kappa shape index (κ2) is 9.20. The quantitative estimate of drug-likeness (QED) is 0.717. The van der Waals surface area contributed by atoms with Crippen LogP contribution in [0.15, 0.2) is 34.7 Å². The summed E-state index contributed by atoms with van der Waals surface area (Å²) in [5.41, 5.74) is 1.10. The van der Waals surface area contributed by atoms with E-state index in [4.69, 9.17) is 0 Å². The third-order valence-corrected chi connectivity index (χ3v) is 6.47. The standard InChI is InChI=1S/C18H24N4OS2/c1-13-7-5-6-10-15(13)20-17-21-22-18(25-17)24-12-16(23)19-11-14-8-3-2-4-9-14/h2-4,8-9,13,15H,5-7,10-12H2,1H3,(H,19,23)(H,20,21)/t13-,15-/m0/s1. The van der Waals surface area contributed by atoms with Crippen molar-refractivity contribution < 1.29 is 4.79 Å². The van der Waals surface area contributed by atoms with Crippen LogP contribution in [0.4, 0.5) is 5.13 Å². The molecule has 1 saturated carbocycles. The van der Waals surface area contributed by atoms with Crippen LogP contribution in [0.25, 0.3) is 0 Å². The third kappa shape index (κ3) is 5.71. The van der Waals surface area contributed by atoms with Gasteiger partial charge in [-0.2, -0.15) is 0 Å². The number of benzene rings is 1. The molecule has 1 aliphatic carbocycles. The summed E-state index contributed by atoms with van der Waals surface area (Å²) in [6.07, 6.45) is 5.09. The van der Waals surface area contributed by atoms with Gasteiger partial charge in [-0.15, -0.1) is 10.2 Å². The maximum atomic E-state index is 12.0. The van der Waals surface area contributed by atoms with E-state index in [2.05, 4.69) is 27.8 Å². The maximum Gasteiger partial charge on any atom is 0.230 e. The third-order valence-electron chi connectivity index (χ3n) is 4.49. The monoisotopic (exact) mass is 376 g/mol. The fourth-order valence-electron chi connectivity index (χ4n) is 2.99. The lowest BCUT2D eigenvalue weighted by atomic mass is 9.86. The highest BCUT2D eigenvalue weighted by Crippen LogP contribution is 2.30. The molecule has 0 aliphatic heterocycles. The molecule has 0 spiro atoms. The molecule has 1 aromatic carbocycles. The Morgan fingerprint density at radius 2 is 2.04 bits per heavy atom. The van der Waals surface area contributed by atoms with Gasteiger partial charge < -0.3 is 10.6 Å². The number of anilines is 1. The van der Waals surface area contributed by atoms with E-state index in [-0.39, 0.29) is 5.91 Å². The van der Waals surface area contributed by atoms with Crippen molar-refractivity contribution in [1.29, 1.82) is 0 Å². The van der Waals surface area contributed by atoms with Crippen molar-refractivity contribution in [3.05, 3.63) is 35.9 Å². The Morgan fingerprint density at radius 1 is 1.24 bits per heavy atom. The topological polar surface area (TPSA) is 66.9 Å². The Bertz CT molecular complexity index is 677. The fraction of sp³-hybridized carbons (Fsp3) is 0.500. The molecule has 2 aromatic rings. The van der Waals surface area contributed by atoms with Crippen molar-refractivity contribution in [3.63, 3.8) is 0 Å². The lowest BCUT2D eigenvalue weighted by Gasteiger charge is -2.29. The van der Waals surface area contributed by atoms with E-state index in [0.717, 1.165) is 15.0 Å². The highest BCUT2D eigenvalue weighted by atomic mass is 32.2. The van der Waals surface area contributed by atoms with E-state index in [1.807, 2.05) is 30.3 Å². The minimum atomic E-state index is 0.0134. The smallest absolute Gasteiger partial charge is 0.230 e. The van der Waals surface area contributed by atoms with E-state index in [0.29, 0.717) is 24.3 Å². The molecule has 0 radical (unpaired) electrons. The van der Waals surface area contributed by atoms with Gasteiger partial charge in [0.1, 0.15) is 0 Å². The summed E-state index contributed by atoms with van der Waals surface area (Å²) in [6.45, 7) is 2.85. The average molecular weight is 377 g/mol. The summed E-state index contributed by atoms with van der Waals surface area (Å²) in [6, 6.07) is 10.4. The molecule has 1 heterocycles. The first-order valence-corrected chi connectivity index (χ1v) is 10.5. The van der Waals surface area contributed by atoms with Gasteiger partial charge in [0.2, 0.25) is 11.0 Å². The molecule has 3 rings (SSSR count). The highest BCUT2D eigenvalue weighted by Gasteiger charge is 2.22. The number of hydrogen-bond donors (Lipinski definition) is 2. The van der Waals surface area contributed by atoms with Crippen LogP contribution in [0.2, 0.25) is 0 Å². The number of nitrogens with one attached hydrogen (secondary N) is 2. The van der Waals surface area contributed by atoms with Gasteiger partial charge in [-0.1, -0.05) is 73.2 Å². The van der Waals surface area contributed by atoms with E-state index in [1.54, 1.807) is 0 Å². The number of aromatic nitrogens is 2. The number of nitrogens with zero attached hydrogens (tertiary/aromatic N) is 2. The Labute approximate surface area is 157 Å². The molecule has 25 heavy (non-hydrogen) atoms. The van der Waals surface area contributed by atoms with Crippen LogP contribution in [-0.2, 0) is 11.3 Å². The highest BCUT2D eigenvalue weighted by molar-refractivity contribution is 8.01. The van der Waals surface area contributed by atoms with Crippen LogP contribution in [0.3, 0.4) is 0 Å². The van der Waals surface area contributed by atoms with Crippen LogP contribution in [0.5, 0.6) is 0 Å². The van der Waals surface area contributed by atoms with Crippen LogP contribution < -0.4 is 10.6 Å². The summed E-state index contributed by atoms with van der Waals surface area (Å²) < 4.78 is 0.834. The van der Waals surface area contributed by atoms with Gasteiger partial charge >= 0.3 is 0 Å². The van der Waals surface area contributed by atoms with Crippen molar-refractivity contribution in [3.8, 4) is 0 Å². The lowest BCUT2D eigenvalue weighted by molar-refractivity contribution is -0.118. The molecule has 1 aliphatic rings. The summed E-state index contributed by atoms with van der Waals surface area (Å²) in [7, 11) is 0. The van der Waals surface area contributed by atoms with Crippen LogP contribution >= 0.6 is 23.1 Å². The zero-order chi connectivity index (χ0) is 17.5. The van der Waals surface area contributed by atoms with Gasteiger partial charge in [-0.3, -0.25) is 4.79 Å². The zero-order valence-corrected chi connectivity index (χ0v) is 16.0. The second-order valence-corrected chi connectivity index (χ2v) is 8.64. The van der Waals surface area contributed by atoms with Gasteiger partial charge in [0, 0.05) is 12.6 Å². The number of rotatable bonds is 7. The number of hydrogen-bond acceptors (Lipinski definition) is 6. The number of carbonyl (C=O) groups excluding carboxylic acids is 1. The van der Waals surface area contributed by atoms with Crippen molar-refractivity contribution >= 4 is 34.1 Å². The molecule has 0 saturated heterocycles. The van der Waals surface area contributed by atoms with E-state index < -0.39 is 0 Å². The van der Waals surface area contributed by atoms with Gasteiger partial charge in [0.15, 0.2) is 4.34 Å². The Morgan fingerprint density at radius 3 is 2.84 bits per heavy atom. The molecule has 1 aromatic heterocycles. The van der Waals surface area contributed by atoms with Gasteiger partial charge in [-0.05, 0) is 24.3 Å². The van der Waals surface area contributed by atoms with Gasteiger partial charge in [0.05, 0.1) is 5.75 Å². The normalized spacial score (nSPS) is 20.2. The first-order valence-electron chi connectivity index (χ1n) is 8.74. The molecule has 1 fully saturated rings. The van der Waals surface area contributed by atoms with E-state index in [1.165, 1.54) is 48.8 Å². The largest absolute Gasteiger partial charge is 0.357 e. The average Bonchev–Trinajstić information content (AvgIpc) is 3.08. The minimum absolute atomic E-state index is 0.0134. The SMILES string of the molecule is C[C@H]1CCCC[C@@H]1Nc1nnc(SCC(=O)NCc2ccccc2)s1. The van der Waals surface area contributed by atoms with Crippen molar-refractivity contribution in [2.45, 2.75) is 49.5 Å². The Kier molecular flexibility index (Phi) is 6.69. The van der Waals surface area contributed by atoms with E-state index >= 15 is 0 Å². The molecular formula is C18H24N4OS2. The molecular weight excluding hydrogens is 352 g/mol. The molecule has 0 bridgehead atoms. The molecule has 1 amide bonds. The number of carbonyl (C=O) groups is 1. The first-order chi connectivity index (χ1) is 12.2. The lowest BCUT2D eigenvalue weighted by Crippen LogP contribution is -2.30. The molecule has 2 N–H and O–H groups in total. The molecule has 134 valence electrons. The van der Waals surface area contributed by atoms with E-state index in [9.17, 15) is 4.79 Å². The van der Waals surface area contributed by atoms with Gasteiger partial charge in [-0.25, -0.2) is 0 Å². The zero-order valence-electron chi connectivity index (χ0n) is 14.4. The van der Waals surface area contributed by atoms with Crippen molar-refractivity contribution in [2.75, 3.05) is 11.1 Å². The summed E-state index contributed by atoms with van der Waals surface area (Å²) >= 11 is 2.97. The Balaban J connectivity index is 1.41. The van der Waals surface area contributed by atoms with Crippen molar-refractivity contribution in [1.82, 2.24) is 15.5 Å². The van der Waals surface area contributed by atoms with Crippen molar-refractivity contribution in [2.24, 2.45) is 5.92 Å². The molecule has 5 nitrogen and oxygen atoms in total. The summed E-state index contributed by atoms with van der Waals surface area (Å²) in [5.74, 6) is 1.05. The van der Waals surface area contributed by atoms with Crippen LogP contribution in [0, 0.1) is 5.92 Å². The van der Waals surface area contributed by atoms with Crippen LogP contribution in [-0.4, -0.2) is 27.9 Å². The molecule has 2 atom stereocenters. The molecule has 7 heteroatoms. The maximum absolute atomic E-state index is 12.0. The Hall–Kier alpha value is -1.60.